The number of hydrogen-bond donors (Lipinski definition) is 0. The lowest BCUT2D eigenvalue weighted by Crippen LogP contribution is -2.46. The summed E-state index contributed by atoms with van der Waals surface area (Å²) in [6.07, 6.45) is 3.01. The minimum Gasteiger partial charge on any atom is -0.369 e. The number of benzene rings is 1. The number of halogens is 1. The molecule has 0 aliphatic carbocycles. The van der Waals surface area contributed by atoms with Gasteiger partial charge in [-0.15, -0.1) is 0 Å². The lowest BCUT2D eigenvalue weighted by molar-refractivity contribution is 0.247. The molecule has 0 spiro atoms. The lowest BCUT2D eigenvalue weighted by atomic mass is 10.2. The van der Waals surface area contributed by atoms with E-state index in [1.807, 2.05) is 18.3 Å². The zero-order valence-electron chi connectivity index (χ0n) is 13.0. The van der Waals surface area contributed by atoms with E-state index in [4.69, 9.17) is 0 Å². The monoisotopic (exact) mass is 299 g/mol. The van der Waals surface area contributed by atoms with E-state index in [-0.39, 0.29) is 5.82 Å². The average Bonchev–Trinajstić information content (AvgIpc) is 2.57. The van der Waals surface area contributed by atoms with Gasteiger partial charge in [-0.3, -0.25) is 9.88 Å². The van der Waals surface area contributed by atoms with Crippen molar-refractivity contribution in [3.63, 3.8) is 0 Å². The highest BCUT2D eigenvalue weighted by Crippen LogP contribution is 2.17. The van der Waals surface area contributed by atoms with Gasteiger partial charge in [-0.1, -0.05) is 13.0 Å². The second-order valence-corrected chi connectivity index (χ2v) is 5.75. The highest BCUT2D eigenvalue weighted by Gasteiger charge is 2.17. The fourth-order valence-electron chi connectivity index (χ4n) is 2.80. The van der Waals surface area contributed by atoms with E-state index in [0.29, 0.717) is 0 Å². The Kier molecular flexibility index (Phi) is 4.68. The third kappa shape index (κ3) is 3.63. The molecular formula is C18H22FN3. The molecule has 1 aromatic carbocycles. The normalized spacial score (nSPS) is 16.0. The van der Waals surface area contributed by atoms with E-state index in [9.17, 15) is 4.39 Å². The van der Waals surface area contributed by atoms with Gasteiger partial charge < -0.3 is 4.90 Å². The lowest BCUT2D eigenvalue weighted by Gasteiger charge is -2.36. The van der Waals surface area contributed by atoms with E-state index in [1.54, 1.807) is 0 Å². The minimum absolute atomic E-state index is 0.177. The number of nitrogens with zero attached hydrogens (tertiary/aromatic N) is 3. The van der Waals surface area contributed by atoms with Crippen LogP contribution in [0.25, 0.3) is 0 Å². The molecule has 2 heterocycles. The largest absolute Gasteiger partial charge is 0.369 e. The Morgan fingerprint density at radius 2 is 1.73 bits per heavy atom. The molecule has 0 radical (unpaired) electrons. The Morgan fingerprint density at radius 3 is 2.32 bits per heavy atom. The first-order chi connectivity index (χ1) is 10.7. The number of anilines is 1. The van der Waals surface area contributed by atoms with Gasteiger partial charge in [-0.2, -0.15) is 0 Å². The van der Waals surface area contributed by atoms with E-state index < -0.39 is 0 Å². The summed E-state index contributed by atoms with van der Waals surface area (Å²) in [7, 11) is 0. The predicted octanol–water partition coefficient (Wildman–Crippen LogP) is 3.11. The number of hydrogen-bond acceptors (Lipinski definition) is 3. The molecule has 0 saturated carbocycles. The van der Waals surface area contributed by atoms with Crippen molar-refractivity contribution < 1.29 is 4.39 Å². The molecule has 1 aliphatic rings. The number of rotatable bonds is 4. The summed E-state index contributed by atoms with van der Waals surface area (Å²) in [6, 6.07) is 11.1. The molecule has 1 aliphatic heterocycles. The molecular weight excluding hydrogens is 277 g/mol. The van der Waals surface area contributed by atoms with Crippen molar-refractivity contribution in [1.29, 1.82) is 0 Å². The molecule has 0 bridgehead atoms. The SMILES string of the molecule is CCc1ccc(CN2CCN(c3ccc(F)cc3)CC2)nc1. The maximum Gasteiger partial charge on any atom is 0.123 e. The molecule has 3 rings (SSSR count). The van der Waals surface area contributed by atoms with Crippen LogP contribution >= 0.6 is 0 Å². The van der Waals surface area contributed by atoms with Crippen molar-refractivity contribution >= 4 is 5.69 Å². The molecule has 0 N–H and O–H groups in total. The summed E-state index contributed by atoms with van der Waals surface area (Å²) < 4.78 is 13.0. The van der Waals surface area contributed by atoms with Gasteiger partial charge in [0.15, 0.2) is 0 Å². The van der Waals surface area contributed by atoms with E-state index >= 15 is 0 Å². The van der Waals surface area contributed by atoms with Gasteiger partial charge in [0.1, 0.15) is 5.82 Å². The zero-order chi connectivity index (χ0) is 15.4. The Hall–Kier alpha value is -1.94. The number of pyridine rings is 1. The molecule has 116 valence electrons. The molecule has 1 fully saturated rings. The summed E-state index contributed by atoms with van der Waals surface area (Å²) in [6.45, 7) is 7.01. The van der Waals surface area contributed by atoms with Crippen LogP contribution in [0, 0.1) is 5.82 Å². The summed E-state index contributed by atoms with van der Waals surface area (Å²) in [5, 5.41) is 0. The first-order valence-electron chi connectivity index (χ1n) is 7.91. The van der Waals surface area contributed by atoms with Crippen LogP contribution in [0.4, 0.5) is 10.1 Å². The van der Waals surface area contributed by atoms with Crippen molar-refractivity contribution in [2.75, 3.05) is 31.1 Å². The number of aromatic nitrogens is 1. The van der Waals surface area contributed by atoms with Crippen LogP contribution in [0.15, 0.2) is 42.6 Å². The maximum atomic E-state index is 13.0. The van der Waals surface area contributed by atoms with E-state index in [0.717, 1.165) is 50.5 Å². The molecule has 22 heavy (non-hydrogen) atoms. The van der Waals surface area contributed by atoms with E-state index in [2.05, 4.69) is 33.8 Å². The zero-order valence-corrected chi connectivity index (χ0v) is 13.0. The van der Waals surface area contributed by atoms with Gasteiger partial charge in [0.2, 0.25) is 0 Å². The molecule has 3 nitrogen and oxygen atoms in total. The van der Waals surface area contributed by atoms with Crippen molar-refractivity contribution in [1.82, 2.24) is 9.88 Å². The second kappa shape index (κ2) is 6.88. The summed E-state index contributed by atoms with van der Waals surface area (Å²) in [5.41, 5.74) is 3.52. The molecule has 0 atom stereocenters. The van der Waals surface area contributed by atoms with Gasteiger partial charge in [0.25, 0.3) is 0 Å². The topological polar surface area (TPSA) is 19.4 Å². The first-order valence-corrected chi connectivity index (χ1v) is 7.91. The Labute approximate surface area is 131 Å². The standard InChI is InChI=1S/C18H22FN3/c1-2-15-3-6-17(20-13-15)14-21-9-11-22(12-10-21)18-7-4-16(19)5-8-18/h3-8,13H,2,9-12,14H2,1H3. The minimum atomic E-state index is -0.177. The summed E-state index contributed by atoms with van der Waals surface area (Å²) in [4.78, 5) is 9.27. The Balaban J connectivity index is 1.53. The van der Waals surface area contributed by atoms with Gasteiger partial charge in [0.05, 0.1) is 5.69 Å². The van der Waals surface area contributed by atoms with Crippen LogP contribution in [0.2, 0.25) is 0 Å². The van der Waals surface area contributed by atoms with Crippen molar-refractivity contribution in [2.24, 2.45) is 0 Å². The number of piperazine rings is 1. The predicted molar refractivity (Wildman–Crippen MR) is 87.5 cm³/mol. The Morgan fingerprint density at radius 1 is 1.00 bits per heavy atom. The van der Waals surface area contributed by atoms with Crippen LogP contribution in [0.1, 0.15) is 18.2 Å². The first kappa shape index (κ1) is 15.0. The molecule has 2 aromatic rings. The van der Waals surface area contributed by atoms with Crippen LogP contribution in [-0.2, 0) is 13.0 Å². The van der Waals surface area contributed by atoms with Crippen LogP contribution in [0.5, 0.6) is 0 Å². The van der Waals surface area contributed by atoms with Crippen molar-refractivity contribution in [3.05, 3.63) is 59.7 Å². The third-order valence-corrected chi connectivity index (χ3v) is 4.24. The van der Waals surface area contributed by atoms with Crippen molar-refractivity contribution in [2.45, 2.75) is 19.9 Å². The van der Waals surface area contributed by atoms with Gasteiger partial charge in [0, 0.05) is 44.6 Å². The smallest absolute Gasteiger partial charge is 0.123 e. The molecule has 1 saturated heterocycles. The van der Waals surface area contributed by atoms with Crippen LogP contribution < -0.4 is 4.90 Å². The van der Waals surface area contributed by atoms with Crippen LogP contribution in [0.3, 0.4) is 0 Å². The quantitative estimate of drug-likeness (QED) is 0.865. The van der Waals surface area contributed by atoms with Crippen LogP contribution in [-0.4, -0.2) is 36.1 Å². The fourth-order valence-corrected chi connectivity index (χ4v) is 2.80. The maximum absolute atomic E-state index is 13.0. The number of aryl methyl sites for hydroxylation is 1. The fraction of sp³-hybridized carbons (Fsp3) is 0.389. The molecule has 1 aromatic heterocycles. The highest BCUT2D eigenvalue weighted by molar-refractivity contribution is 5.46. The Bertz CT molecular complexity index is 587. The molecule has 0 unspecified atom stereocenters. The van der Waals surface area contributed by atoms with Gasteiger partial charge in [-0.25, -0.2) is 4.39 Å². The average molecular weight is 299 g/mol. The third-order valence-electron chi connectivity index (χ3n) is 4.24. The molecule has 4 heteroatoms. The van der Waals surface area contributed by atoms with Crippen molar-refractivity contribution in [3.8, 4) is 0 Å². The van der Waals surface area contributed by atoms with Gasteiger partial charge in [-0.05, 0) is 42.3 Å². The highest BCUT2D eigenvalue weighted by atomic mass is 19.1. The van der Waals surface area contributed by atoms with Gasteiger partial charge >= 0.3 is 0 Å². The summed E-state index contributed by atoms with van der Waals surface area (Å²) >= 11 is 0. The molecule has 0 amide bonds. The van der Waals surface area contributed by atoms with E-state index in [1.165, 1.54) is 17.7 Å². The summed E-state index contributed by atoms with van der Waals surface area (Å²) in [5.74, 6) is -0.177. The second-order valence-electron chi connectivity index (χ2n) is 5.75.